The summed E-state index contributed by atoms with van der Waals surface area (Å²) in [7, 11) is 0. The summed E-state index contributed by atoms with van der Waals surface area (Å²) >= 11 is 0. The maximum atomic E-state index is 10.7. The molecular weight excluding hydrogens is 146 g/mol. The Bertz CT molecular complexity index is 134. The van der Waals surface area contributed by atoms with Crippen LogP contribution >= 0.6 is 0 Å². The van der Waals surface area contributed by atoms with Crippen LogP contribution in [0.15, 0.2) is 5.16 Å². The van der Waals surface area contributed by atoms with Gasteiger partial charge < -0.3 is 9.94 Å². The fraction of sp³-hybridized carbons (Fsp3) is 0.714. The summed E-state index contributed by atoms with van der Waals surface area (Å²) in [6, 6.07) is 0. The van der Waals surface area contributed by atoms with Gasteiger partial charge in [-0.05, 0) is 19.8 Å². The highest BCUT2D eigenvalue weighted by Crippen LogP contribution is 1.95. The van der Waals surface area contributed by atoms with Crippen LogP contribution in [0, 0.1) is 0 Å². The molecular formula is C7H13NO3. The Hall–Kier alpha value is -1.06. The van der Waals surface area contributed by atoms with E-state index in [1.807, 2.05) is 0 Å². The minimum Gasteiger partial charge on any atom is -0.466 e. The van der Waals surface area contributed by atoms with Crippen LogP contribution in [0.1, 0.15) is 26.2 Å². The van der Waals surface area contributed by atoms with E-state index < -0.39 is 0 Å². The minimum atomic E-state index is -0.196. The molecule has 0 saturated carbocycles. The van der Waals surface area contributed by atoms with Gasteiger partial charge in [-0.15, -0.1) is 5.16 Å². The third-order valence-corrected chi connectivity index (χ3v) is 1.10. The van der Waals surface area contributed by atoms with Gasteiger partial charge in [0.2, 0.25) is 0 Å². The second-order valence-electron chi connectivity index (χ2n) is 2.00. The zero-order chi connectivity index (χ0) is 8.53. The largest absolute Gasteiger partial charge is 0.466 e. The lowest BCUT2D eigenvalue weighted by atomic mass is 10.2. The molecule has 0 saturated heterocycles. The normalized spacial score (nSPS) is 10.3. The second kappa shape index (κ2) is 7.05. The quantitative estimate of drug-likeness (QED) is 0.215. The molecule has 0 spiro atoms. The lowest BCUT2D eigenvalue weighted by Crippen LogP contribution is -2.03. The first-order valence-electron chi connectivity index (χ1n) is 3.62. The average Bonchev–Trinajstić information content (AvgIpc) is 1.99. The lowest BCUT2D eigenvalue weighted by Gasteiger charge is -1.98. The third kappa shape index (κ3) is 6.83. The smallest absolute Gasteiger partial charge is 0.305 e. The summed E-state index contributed by atoms with van der Waals surface area (Å²) in [4.78, 5) is 10.7. The van der Waals surface area contributed by atoms with Crippen molar-refractivity contribution in [2.45, 2.75) is 26.2 Å². The monoisotopic (exact) mass is 159 g/mol. The first-order chi connectivity index (χ1) is 5.31. The molecule has 0 aromatic rings. The number of carbonyl (C=O) groups excluding carboxylic acids is 1. The molecule has 4 nitrogen and oxygen atoms in total. The number of unbranched alkanes of at least 4 members (excludes halogenated alkanes) is 1. The van der Waals surface area contributed by atoms with E-state index in [1.54, 1.807) is 6.92 Å². The van der Waals surface area contributed by atoms with Gasteiger partial charge in [-0.2, -0.15) is 0 Å². The molecule has 64 valence electrons. The Labute approximate surface area is 65.8 Å². The van der Waals surface area contributed by atoms with Crippen molar-refractivity contribution in [1.29, 1.82) is 0 Å². The summed E-state index contributed by atoms with van der Waals surface area (Å²) in [5, 5.41) is 10.8. The summed E-state index contributed by atoms with van der Waals surface area (Å²) in [5.74, 6) is -0.196. The van der Waals surface area contributed by atoms with Crippen LogP contribution in [0.25, 0.3) is 0 Å². The molecule has 0 rings (SSSR count). The predicted molar refractivity (Wildman–Crippen MR) is 40.8 cm³/mol. The molecule has 0 atom stereocenters. The first-order valence-corrected chi connectivity index (χ1v) is 3.62. The number of nitrogens with zero attached hydrogens (tertiary/aromatic N) is 1. The molecule has 0 heterocycles. The summed E-state index contributed by atoms with van der Waals surface area (Å²) in [5.41, 5.74) is 0. The van der Waals surface area contributed by atoms with E-state index in [4.69, 9.17) is 5.21 Å². The molecule has 0 aromatic heterocycles. The maximum Gasteiger partial charge on any atom is 0.305 e. The highest BCUT2D eigenvalue weighted by atomic mass is 16.5. The zero-order valence-electron chi connectivity index (χ0n) is 6.62. The van der Waals surface area contributed by atoms with Crippen molar-refractivity contribution in [1.82, 2.24) is 0 Å². The molecule has 1 N–H and O–H groups in total. The first kappa shape index (κ1) is 9.94. The molecule has 4 heteroatoms. The second-order valence-corrected chi connectivity index (χ2v) is 2.00. The van der Waals surface area contributed by atoms with Crippen LogP contribution in [0.5, 0.6) is 0 Å². The Kier molecular flexibility index (Phi) is 6.37. The van der Waals surface area contributed by atoms with Crippen LogP contribution < -0.4 is 0 Å². The van der Waals surface area contributed by atoms with Crippen molar-refractivity contribution in [3.05, 3.63) is 0 Å². The number of oxime groups is 1. The van der Waals surface area contributed by atoms with E-state index in [1.165, 1.54) is 6.21 Å². The Morgan fingerprint density at radius 2 is 2.45 bits per heavy atom. The van der Waals surface area contributed by atoms with Gasteiger partial charge in [-0.1, -0.05) is 0 Å². The third-order valence-electron chi connectivity index (χ3n) is 1.10. The topological polar surface area (TPSA) is 58.9 Å². The minimum absolute atomic E-state index is 0.196. The highest BCUT2D eigenvalue weighted by molar-refractivity contribution is 5.69. The van der Waals surface area contributed by atoms with E-state index in [9.17, 15) is 4.79 Å². The molecule has 0 aliphatic rings. The van der Waals surface area contributed by atoms with Crippen molar-refractivity contribution in [2.75, 3.05) is 6.61 Å². The maximum absolute atomic E-state index is 10.7. The number of hydrogen-bond donors (Lipinski definition) is 1. The van der Waals surface area contributed by atoms with Crippen LogP contribution in [0.2, 0.25) is 0 Å². The van der Waals surface area contributed by atoms with Gasteiger partial charge in [0.05, 0.1) is 6.61 Å². The van der Waals surface area contributed by atoms with Crippen LogP contribution in [0.3, 0.4) is 0 Å². The summed E-state index contributed by atoms with van der Waals surface area (Å²) < 4.78 is 4.68. The van der Waals surface area contributed by atoms with Gasteiger partial charge in [0.1, 0.15) is 0 Å². The number of ether oxygens (including phenoxy) is 1. The highest BCUT2D eigenvalue weighted by Gasteiger charge is 1.98. The number of hydrogen-bond acceptors (Lipinski definition) is 4. The molecule has 11 heavy (non-hydrogen) atoms. The summed E-state index contributed by atoms with van der Waals surface area (Å²) in [6.07, 6.45) is 3.03. The van der Waals surface area contributed by atoms with Crippen LogP contribution in [-0.4, -0.2) is 24.0 Å². The van der Waals surface area contributed by atoms with E-state index >= 15 is 0 Å². The van der Waals surface area contributed by atoms with Gasteiger partial charge in [0.15, 0.2) is 0 Å². The lowest BCUT2D eigenvalue weighted by molar-refractivity contribution is -0.143. The molecule has 0 aliphatic heterocycles. The van der Waals surface area contributed by atoms with Crippen molar-refractivity contribution in [3.8, 4) is 0 Å². The molecule has 0 amide bonds. The molecule has 0 fully saturated rings. The Morgan fingerprint density at radius 1 is 1.73 bits per heavy atom. The Balaban J connectivity index is 3.17. The van der Waals surface area contributed by atoms with Gasteiger partial charge >= 0.3 is 5.97 Å². The van der Waals surface area contributed by atoms with Crippen molar-refractivity contribution < 1.29 is 14.7 Å². The fourth-order valence-electron chi connectivity index (χ4n) is 0.629. The Morgan fingerprint density at radius 3 is 3.00 bits per heavy atom. The van der Waals surface area contributed by atoms with E-state index in [0.29, 0.717) is 25.9 Å². The molecule has 0 aliphatic carbocycles. The van der Waals surface area contributed by atoms with E-state index in [2.05, 4.69) is 9.89 Å². The van der Waals surface area contributed by atoms with E-state index in [0.717, 1.165) is 0 Å². The molecule has 0 unspecified atom stereocenters. The molecule has 0 radical (unpaired) electrons. The SMILES string of the molecule is CCOC(=O)CCC/C=N\O. The zero-order valence-corrected chi connectivity index (χ0v) is 6.62. The average molecular weight is 159 g/mol. The van der Waals surface area contributed by atoms with Gasteiger partial charge in [-0.3, -0.25) is 4.79 Å². The number of esters is 1. The van der Waals surface area contributed by atoms with Crippen molar-refractivity contribution >= 4 is 12.2 Å². The number of carbonyl (C=O) groups is 1. The van der Waals surface area contributed by atoms with Gasteiger partial charge in [-0.25, -0.2) is 0 Å². The molecule has 0 bridgehead atoms. The van der Waals surface area contributed by atoms with Gasteiger partial charge in [0, 0.05) is 12.6 Å². The molecule has 0 aromatic carbocycles. The summed E-state index contributed by atoms with van der Waals surface area (Å²) in [6.45, 7) is 2.19. The standard InChI is InChI=1S/C7H13NO3/c1-2-11-7(9)5-3-4-6-8-10/h6,10H,2-5H2,1H3/b8-6-. The number of rotatable bonds is 5. The van der Waals surface area contributed by atoms with Crippen LogP contribution in [-0.2, 0) is 9.53 Å². The van der Waals surface area contributed by atoms with E-state index in [-0.39, 0.29) is 5.97 Å². The van der Waals surface area contributed by atoms with Crippen LogP contribution in [0.4, 0.5) is 0 Å². The van der Waals surface area contributed by atoms with Gasteiger partial charge in [0.25, 0.3) is 0 Å². The van der Waals surface area contributed by atoms with Crippen molar-refractivity contribution in [2.24, 2.45) is 5.16 Å². The fourth-order valence-corrected chi connectivity index (χ4v) is 0.629. The van der Waals surface area contributed by atoms with Crippen molar-refractivity contribution in [3.63, 3.8) is 0 Å². The predicted octanol–water partition coefficient (Wildman–Crippen LogP) is 1.18.